The van der Waals surface area contributed by atoms with Gasteiger partial charge in [0.15, 0.2) is 0 Å². The Balaban J connectivity index is 2.07. The van der Waals surface area contributed by atoms with Crippen molar-refractivity contribution < 1.29 is 18.0 Å². The highest BCUT2D eigenvalue weighted by atomic mass is 79.9. The Labute approximate surface area is 205 Å². The number of sulfonamides is 1. The largest absolute Gasteiger partial charge is 0.352 e. The number of amides is 2. The van der Waals surface area contributed by atoms with E-state index in [0.29, 0.717) is 6.42 Å². The summed E-state index contributed by atoms with van der Waals surface area (Å²) in [5.74, 6) is -0.422. The lowest BCUT2D eigenvalue weighted by Crippen LogP contribution is -2.49. The van der Waals surface area contributed by atoms with Crippen molar-refractivity contribution >= 4 is 37.8 Å². The molecular formula is C24H32BrN3O4S. The van der Waals surface area contributed by atoms with E-state index < -0.39 is 16.1 Å². The molecule has 2 amide bonds. The van der Waals surface area contributed by atoms with Gasteiger partial charge in [-0.25, -0.2) is 12.7 Å². The predicted molar refractivity (Wildman–Crippen MR) is 133 cm³/mol. The average molecular weight is 539 g/mol. The fraction of sp³-hybridized carbons (Fsp3) is 0.417. The van der Waals surface area contributed by atoms with E-state index in [-0.39, 0.29) is 42.3 Å². The van der Waals surface area contributed by atoms with E-state index in [1.807, 2.05) is 38.1 Å². The number of nitrogens with one attached hydrogen (secondary N) is 1. The lowest BCUT2D eigenvalue weighted by atomic mass is 10.1. The number of benzene rings is 2. The summed E-state index contributed by atoms with van der Waals surface area (Å²) in [5.41, 5.74) is 0.902. The molecule has 0 bridgehead atoms. The molecule has 0 aliphatic heterocycles. The number of carbonyl (C=O) groups excluding carboxylic acids is 2. The maximum Gasteiger partial charge on any atom is 0.242 e. The third-order valence-electron chi connectivity index (χ3n) is 5.18. The van der Waals surface area contributed by atoms with Gasteiger partial charge in [0.2, 0.25) is 21.8 Å². The molecule has 2 aromatic rings. The van der Waals surface area contributed by atoms with Crippen LogP contribution in [0.25, 0.3) is 0 Å². The van der Waals surface area contributed by atoms with Gasteiger partial charge in [-0.1, -0.05) is 46.3 Å². The molecule has 0 spiro atoms. The van der Waals surface area contributed by atoms with Crippen molar-refractivity contribution in [1.29, 1.82) is 0 Å². The Kier molecular flexibility index (Phi) is 10.1. The van der Waals surface area contributed by atoms with Crippen LogP contribution in [-0.2, 0) is 26.2 Å². The minimum atomic E-state index is -3.61. The molecule has 0 saturated heterocycles. The molecule has 1 atom stereocenters. The molecule has 0 radical (unpaired) electrons. The van der Waals surface area contributed by atoms with Crippen LogP contribution in [0.5, 0.6) is 0 Å². The van der Waals surface area contributed by atoms with Crippen LogP contribution < -0.4 is 5.32 Å². The van der Waals surface area contributed by atoms with Gasteiger partial charge < -0.3 is 10.2 Å². The van der Waals surface area contributed by atoms with Crippen molar-refractivity contribution in [2.75, 3.05) is 13.6 Å². The third kappa shape index (κ3) is 7.94. The fourth-order valence-corrected chi connectivity index (χ4v) is 4.76. The first-order chi connectivity index (χ1) is 15.5. The zero-order chi connectivity index (χ0) is 24.6. The molecule has 0 fully saturated rings. The Bertz CT molecular complexity index is 1030. The number of hydrogen-bond donors (Lipinski definition) is 1. The number of rotatable bonds is 11. The molecule has 0 unspecified atom stereocenters. The molecule has 0 aliphatic rings. The van der Waals surface area contributed by atoms with Crippen LogP contribution in [0.1, 0.15) is 39.2 Å². The molecule has 180 valence electrons. The highest BCUT2D eigenvalue weighted by Crippen LogP contribution is 2.17. The monoisotopic (exact) mass is 537 g/mol. The summed E-state index contributed by atoms with van der Waals surface area (Å²) >= 11 is 3.40. The van der Waals surface area contributed by atoms with Gasteiger partial charge in [-0.2, -0.15) is 0 Å². The maximum atomic E-state index is 13.1. The van der Waals surface area contributed by atoms with E-state index in [2.05, 4.69) is 21.2 Å². The summed E-state index contributed by atoms with van der Waals surface area (Å²) in [6, 6.07) is 15.1. The van der Waals surface area contributed by atoms with Gasteiger partial charge >= 0.3 is 0 Å². The number of hydrogen-bond acceptors (Lipinski definition) is 4. The van der Waals surface area contributed by atoms with Crippen LogP contribution >= 0.6 is 15.9 Å². The van der Waals surface area contributed by atoms with Crippen LogP contribution in [0.2, 0.25) is 0 Å². The van der Waals surface area contributed by atoms with Crippen molar-refractivity contribution in [1.82, 2.24) is 14.5 Å². The first-order valence-corrected chi connectivity index (χ1v) is 13.1. The van der Waals surface area contributed by atoms with Crippen molar-refractivity contribution in [3.05, 3.63) is 64.6 Å². The van der Waals surface area contributed by atoms with Crippen LogP contribution in [0.3, 0.4) is 0 Å². The summed E-state index contributed by atoms with van der Waals surface area (Å²) in [7, 11) is -2.11. The van der Waals surface area contributed by atoms with Gasteiger partial charge in [0, 0.05) is 37.1 Å². The average Bonchev–Trinajstić information content (AvgIpc) is 2.78. The normalized spacial score (nSPS) is 12.6. The molecule has 2 rings (SSSR count). The van der Waals surface area contributed by atoms with Gasteiger partial charge in [0.1, 0.15) is 6.04 Å². The van der Waals surface area contributed by atoms with Crippen LogP contribution in [-0.4, -0.2) is 55.1 Å². The van der Waals surface area contributed by atoms with Gasteiger partial charge in [0.05, 0.1) is 4.90 Å². The van der Waals surface area contributed by atoms with E-state index in [0.717, 1.165) is 10.0 Å². The van der Waals surface area contributed by atoms with E-state index in [9.17, 15) is 18.0 Å². The Hall–Kier alpha value is -2.23. The van der Waals surface area contributed by atoms with Crippen LogP contribution in [0.4, 0.5) is 0 Å². The molecule has 9 heteroatoms. The van der Waals surface area contributed by atoms with E-state index in [4.69, 9.17) is 0 Å². The first-order valence-electron chi connectivity index (χ1n) is 10.9. The van der Waals surface area contributed by atoms with Crippen molar-refractivity contribution in [3.8, 4) is 0 Å². The predicted octanol–water partition coefficient (Wildman–Crippen LogP) is 3.79. The van der Waals surface area contributed by atoms with Gasteiger partial charge in [-0.05, 0) is 57.0 Å². The minimum absolute atomic E-state index is 0.0403. The molecule has 0 aliphatic carbocycles. The molecule has 2 aromatic carbocycles. The smallest absolute Gasteiger partial charge is 0.242 e. The minimum Gasteiger partial charge on any atom is -0.352 e. The molecule has 0 heterocycles. The second-order valence-electron chi connectivity index (χ2n) is 8.23. The van der Waals surface area contributed by atoms with E-state index in [1.165, 1.54) is 11.4 Å². The van der Waals surface area contributed by atoms with Crippen molar-refractivity contribution in [2.45, 2.75) is 57.1 Å². The highest BCUT2D eigenvalue weighted by Gasteiger charge is 2.27. The second-order valence-corrected chi connectivity index (χ2v) is 11.2. The number of carbonyl (C=O) groups is 2. The van der Waals surface area contributed by atoms with Gasteiger partial charge in [-0.3, -0.25) is 9.59 Å². The maximum absolute atomic E-state index is 13.1. The summed E-state index contributed by atoms with van der Waals surface area (Å²) in [6.07, 6.45) is 0.473. The molecule has 7 nitrogen and oxygen atoms in total. The molecular weight excluding hydrogens is 506 g/mol. The Morgan fingerprint density at radius 1 is 1.00 bits per heavy atom. The Morgan fingerprint density at radius 2 is 1.61 bits per heavy atom. The van der Waals surface area contributed by atoms with Crippen molar-refractivity contribution in [3.63, 3.8) is 0 Å². The highest BCUT2D eigenvalue weighted by molar-refractivity contribution is 9.10. The zero-order valence-electron chi connectivity index (χ0n) is 19.5. The van der Waals surface area contributed by atoms with Crippen LogP contribution in [0, 0.1) is 0 Å². The molecule has 0 aromatic heterocycles. The van der Waals surface area contributed by atoms with Gasteiger partial charge in [-0.15, -0.1) is 0 Å². The van der Waals surface area contributed by atoms with Crippen molar-refractivity contribution in [2.24, 2.45) is 0 Å². The lowest BCUT2D eigenvalue weighted by Gasteiger charge is -2.29. The van der Waals surface area contributed by atoms with Crippen LogP contribution in [0.15, 0.2) is 64.0 Å². The summed E-state index contributed by atoms with van der Waals surface area (Å²) in [6.45, 7) is 5.93. The Morgan fingerprint density at radius 3 is 2.18 bits per heavy atom. The summed E-state index contributed by atoms with van der Waals surface area (Å²) < 4.78 is 27.6. The van der Waals surface area contributed by atoms with E-state index in [1.54, 1.807) is 42.2 Å². The fourth-order valence-electron chi connectivity index (χ4n) is 3.26. The number of nitrogens with zero attached hydrogens (tertiary/aromatic N) is 2. The third-order valence-corrected chi connectivity index (χ3v) is 7.58. The topological polar surface area (TPSA) is 86.8 Å². The standard InChI is InChI=1S/C24H32BrN3O4S/c1-18(2)26-24(30)19(3)28(17-20-12-14-21(25)15-13-20)23(29)11-8-16-27(4)33(31,32)22-9-6-5-7-10-22/h5-7,9-10,12-15,18-19H,8,11,16-17H2,1-4H3,(H,26,30)/t19-/m0/s1. The van der Waals surface area contributed by atoms with Gasteiger partial charge in [0.25, 0.3) is 0 Å². The number of halogens is 1. The first kappa shape index (κ1) is 27.0. The SMILES string of the molecule is CC(C)NC(=O)[C@H](C)N(Cc1ccc(Br)cc1)C(=O)CCCN(C)S(=O)(=O)c1ccccc1. The molecule has 33 heavy (non-hydrogen) atoms. The second kappa shape index (κ2) is 12.3. The lowest BCUT2D eigenvalue weighted by molar-refractivity contribution is -0.140. The van der Waals surface area contributed by atoms with E-state index >= 15 is 0 Å². The zero-order valence-corrected chi connectivity index (χ0v) is 21.9. The summed E-state index contributed by atoms with van der Waals surface area (Å²) in [4.78, 5) is 27.5. The quantitative estimate of drug-likeness (QED) is 0.472. The molecule has 1 N–H and O–H groups in total. The molecule has 0 saturated carbocycles. The summed E-state index contributed by atoms with van der Waals surface area (Å²) in [5, 5.41) is 2.86.